The molecule has 0 aromatic carbocycles. The van der Waals surface area contributed by atoms with E-state index >= 15 is 0 Å². The maximum atomic E-state index is 9.55. The minimum absolute atomic E-state index is 0.0418. The van der Waals surface area contributed by atoms with Crippen LogP contribution in [-0.4, -0.2) is 35.0 Å². The summed E-state index contributed by atoms with van der Waals surface area (Å²) in [6, 6.07) is 2.20. The molecule has 5 heteroatoms. The van der Waals surface area contributed by atoms with Gasteiger partial charge in [0.1, 0.15) is 4.37 Å². The van der Waals surface area contributed by atoms with Gasteiger partial charge in [0.15, 0.2) is 0 Å². The highest BCUT2D eigenvalue weighted by molar-refractivity contribution is 7.84. The summed E-state index contributed by atoms with van der Waals surface area (Å²) in [7, 11) is -1.47. The molecule has 0 amide bonds. The number of hydrogen-bond acceptors (Lipinski definition) is 4. The third-order valence-electron chi connectivity index (χ3n) is 3.03. The van der Waals surface area contributed by atoms with Gasteiger partial charge in [-0.1, -0.05) is 45.6 Å². The summed E-state index contributed by atoms with van der Waals surface area (Å²) in [5.74, 6) is 0. The third-order valence-corrected chi connectivity index (χ3v) is 6.99. The molecule has 3 nitrogen and oxygen atoms in total. The van der Waals surface area contributed by atoms with E-state index in [1.54, 1.807) is 0 Å². The Hall–Kier alpha value is -0.313. The topological polar surface area (TPSA) is 64.2 Å². The molecular formula is C12H23NO2SSi. The van der Waals surface area contributed by atoms with E-state index in [0.29, 0.717) is 6.42 Å². The lowest BCUT2D eigenvalue weighted by Gasteiger charge is -2.21. The van der Waals surface area contributed by atoms with Crippen LogP contribution in [0.2, 0.25) is 6.55 Å². The molecule has 0 heterocycles. The number of aliphatic hydroxyl groups excluding tert-OH is 2. The lowest BCUT2D eigenvalue weighted by Crippen LogP contribution is -2.37. The monoisotopic (exact) mass is 273 g/mol. The van der Waals surface area contributed by atoms with E-state index in [1.807, 2.05) is 6.55 Å². The number of unbranched alkanes of at least 4 members (excludes halogenated alkanes) is 4. The Morgan fingerprint density at radius 3 is 2.41 bits per heavy atom. The Bertz CT molecular complexity index is 301. The molecular weight excluding hydrogens is 250 g/mol. The summed E-state index contributed by atoms with van der Waals surface area (Å²) >= 11 is 4.42. The third kappa shape index (κ3) is 5.71. The Kier molecular flexibility index (Phi) is 8.57. The predicted molar refractivity (Wildman–Crippen MR) is 76.4 cm³/mol. The largest absolute Gasteiger partial charge is 0.516 e. The van der Waals surface area contributed by atoms with Crippen molar-refractivity contribution in [3.63, 3.8) is 0 Å². The van der Waals surface area contributed by atoms with Crippen molar-refractivity contribution in [2.24, 2.45) is 0 Å². The normalized spacial score (nSPS) is 15.9. The highest BCUT2D eigenvalue weighted by atomic mass is 32.1. The highest BCUT2D eigenvalue weighted by Gasteiger charge is 2.30. The molecule has 0 fully saturated rings. The first-order valence-electron chi connectivity index (χ1n) is 6.15. The number of rotatable bonds is 8. The molecule has 0 saturated carbocycles. The van der Waals surface area contributed by atoms with Crippen molar-refractivity contribution in [2.45, 2.75) is 56.4 Å². The fourth-order valence-electron chi connectivity index (χ4n) is 1.67. The average Bonchev–Trinajstić information content (AvgIpc) is 2.36. The first-order valence-corrected chi connectivity index (χ1v) is 8.60. The van der Waals surface area contributed by atoms with Gasteiger partial charge in [-0.25, -0.2) is 0 Å². The van der Waals surface area contributed by atoms with E-state index in [0.717, 1.165) is 12.8 Å². The van der Waals surface area contributed by atoms with Crippen molar-refractivity contribution in [3.8, 4) is 6.07 Å². The zero-order valence-corrected chi connectivity index (χ0v) is 12.6. The van der Waals surface area contributed by atoms with Crippen LogP contribution >= 0.6 is 12.6 Å². The van der Waals surface area contributed by atoms with E-state index in [-0.39, 0.29) is 12.0 Å². The Balaban J connectivity index is 4.35. The van der Waals surface area contributed by atoms with Gasteiger partial charge in [0.25, 0.3) is 0 Å². The minimum Gasteiger partial charge on any atom is -0.516 e. The van der Waals surface area contributed by atoms with Crippen molar-refractivity contribution in [1.82, 2.24) is 0 Å². The van der Waals surface area contributed by atoms with Crippen molar-refractivity contribution in [1.29, 1.82) is 5.26 Å². The summed E-state index contributed by atoms with van der Waals surface area (Å²) in [4.78, 5) is 0. The number of hydrogen-bond donors (Lipinski definition) is 3. The van der Waals surface area contributed by atoms with E-state index in [9.17, 15) is 10.4 Å². The fourth-order valence-corrected chi connectivity index (χ4v) is 3.65. The molecule has 98 valence electrons. The van der Waals surface area contributed by atoms with Crippen LogP contribution in [0.4, 0.5) is 0 Å². The van der Waals surface area contributed by atoms with Crippen LogP contribution < -0.4 is 0 Å². The van der Waals surface area contributed by atoms with Gasteiger partial charge in [-0.2, -0.15) is 17.9 Å². The summed E-state index contributed by atoms with van der Waals surface area (Å²) in [6.45, 7) is 3.64. The second kappa shape index (κ2) is 8.73. The molecule has 0 radical (unpaired) electrons. The number of nitrogens with zero attached hydrogens (tertiary/aromatic N) is 1. The van der Waals surface area contributed by atoms with Gasteiger partial charge in [0.2, 0.25) is 0 Å². The second-order valence-corrected chi connectivity index (χ2v) is 8.23. The lowest BCUT2D eigenvalue weighted by molar-refractivity contribution is 0.331. The van der Waals surface area contributed by atoms with E-state index in [4.69, 9.17) is 5.11 Å². The summed E-state index contributed by atoms with van der Waals surface area (Å²) < 4.78 is -0.774. The van der Waals surface area contributed by atoms with E-state index < -0.39 is 12.8 Å². The zero-order valence-electron chi connectivity index (χ0n) is 10.7. The standard InChI is InChI=1S/C12H23NO2SSi/c1-3-4-5-6-7-8-12(16,10-13)17(2)11(15)9-14/h14-16H,3-9H2,1-2H3/b17-11-. The van der Waals surface area contributed by atoms with E-state index in [2.05, 4.69) is 25.6 Å². The molecule has 0 spiro atoms. The van der Waals surface area contributed by atoms with Gasteiger partial charge < -0.3 is 10.2 Å². The maximum Gasteiger partial charge on any atom is 0.108 e. The van der Waals surface area contributed by atoms with Crippen molar-refractivity contribution in [2.75, 3.05) is 6.61 Å². The molecule has 2 N–H and O–H groups in total. The first kappa shape index (κ1) is 16.7. The number of thiol groups is 1. The zero-order chi connectivity index (χ0) is 13.3. The number of nitriles is 1. The molecule has 0 aromatic rings. The molecule has 0 bridgehead atoms. The molecule has 0 rings (SSSR count). The lowest BCUT2D eigenvalue weighted by atomic mass is 10.1. The molecule has 1 atom stereocenters. The van der Waals surface area contributed by atoms with Crippen LogP contribution in [0.5, 0.6) is 0 Å². The second-order valence-electron chi connectivity index (χ2n) is 4.37. The van der Waals surface area contributed by atoms with Crippen molar-refractivity contribution in [3.05, 3.63) is 0 Å². The van der Waals surface area contributed by atoms with Crippen LogP contribution in [0, 0.1) is 11.3 Å². The first-order chi connectivity index (χ1) is 8.01. The molecule has 0 aromatic heterocycles. The Labute approximate surface area is 111 Å². The van der Waals surface area contributed by atoms with Crippen LogP contribution in [-0.2, 0) is 0 Å². The summed E-state index contributed by atoms with van der Waals surface area (Å²) in [5.41, 5.74) is 0. The fraction of sp³-hybridized carbons (Fsp3) is 0.833. The minimum atomic E-state index is -1.47. The Morgan fingerprint density at radius 2 is 1.94 bits per heavy atom. The predicted octanol–water partition coefficient (Wildman–Crippen LogP) is 2.28. The Morgan fingerprint density at radius 1 is 1.35 bits per heavy atom. The van der Waals surface area contributed by atoms with Crippen LogP contribution in [0.1, 0.15) is 45.4 Å². The number of aliphatic hydroxyl groups is 2. The molecule has 1 unspecified atom stereocenters. The average molecular weight is 273 g/mol. The van der Waals surface area contributed by atoms with E-state index in [1.165, 1.54) is 19.3 Å². The van der Waals surface area contributed by atoms with Gasteiger partial charge in [-0.05, 0) is 6.42 Å². The molecule has 0 aliphatic heterocycles. The van der Waals surface area contributed by atoms with Crippen LogP contribution in [0.15, 0.2) is 0 Å². The van der Waals surface area contributed by atoms with Gasteiger partial charge in [-0.15, -0.1) is 0 Å². The quantitative estimate of drug-likeness (QED) is 0.361. The molecule has 17 heavy (non-hydrogen) atoms. The van der Waals surface area contributed by atoms with Gasteiger partial charge >= 0.3 is 0 Å². The van der Waals surface area contributed by atoms with Crippen molar-refractivity contribution >= 4 is 26.4 Å². The van der Waals surface area contributed by atoms with Gasteiger partial charge in [0, 0.05) is 0 Å². The summed E-state index contributed by atoms with van der Waals surface area (Å²) in [6.07, 6.45) is 6.36. The smallest absolute Gasteiger partial charge is 0.108 e. The SMILES string of the molecule is CCCCCCCC(S)(C#N)/[Si](C)=C(\O)CO. The van der Waals surface area contributed by atoms with Gasteiger partial charge in [0.05, 0.1) is 26.4 Å². The molecule has 0 aliphatic carbocycles. The summed E-state index contributed by atoms with van der Waals surface area (Å²) in [5, 5.41) is 27.7. The van der Waals surface area contributed by atoms with Gasteiger partial charge in [-0.3, -0.25) is 0 Å². The molecule has 0 aliphatic rings. The highest BCUT2D eigenvalue weighted by Crippen LogP contribution is 2.23. The van der Waals surface area contributed by atoms with Crippen LogP contribution in [0.25, 0.3) is 0 Å². The van der Waals surface area contributed by atoms with Crippen molar-refractivity contribution < 1.29 is 10.2 Å². The van der Waals surface area contributed by atoms with Crippen LogP contribution in [0.3, 0.4) is 0 Å². The maximum absolute atomic E-state index is 9.55. The molecule has 0 saturated heterocycles.